The van der Waals surface area contributed by atoms with Gasteiger partial charge in [-0.25, -0.2) is 4.98 Å². The summed E-state index contributed by atoms with van der Waals surface area (Å²) in [5, 5.41) is 3.06. The largest absolute Gasteiger partial charge is 0.438 e. The number of ether oxygens (including phenoxy) is 1. The number of oxazole rings is 1. The van der Waals surface area contributed by atoms with Crippen molar-refractivity contribution >= 4 is 11.8 Å². The number of aromatic nitrogens is 3. The smallest absolute Gasteiger partial charge is 0.291 e. The summed E-state index contributed by atoms with van der Waals surface area (Å²) in [5.41, 5.74) is 0.525. The molecular weight excluding hydrogens is 374 g/mol. The first-order chi connectivity index (χ1) is 14.1. The highest BCUT2D eigenvalue weighted by Crippen LogP contribution is 2.54. The van der Waals surface area contributed by atoms with E-state index in [1.165, 1.54) is 12.6 Å². The van der Waals surface area contributed by atoms with Crippen molar-refractivity contribution < 1.29 is 18.7 Å². The van der Waals surface area contributed by atoms with Crippen molar-refractivity contribution in [1.29, 1.82) is 0 Å². The van der Waals surface area contributed by atoms with E-state index in [0.717, 1.165) is 18.5 Å². The van der Waals surface area contributed by atoms with Crippen LogP contribution in [-0.2, 0) is 16.0 Å². The quantitative estimate of drug-likeness (QED) is 0.769. The van der Waals surface area contributed by atoms with E-state index in [-0.39, 0.29) is 41.1 Å². The van der Waals surface area contributed by atoms with Crippen molar-refractivity contribution in [3.05, 3.63) is 42.6 Å². The molecule has 1 spiro atoms. The van der Waals surface area contributed by atoms with Gasteiger partial charge >= 0.3 is 0 Å². The lowest BCUT2D eigenvalue weighted by Crippen LogP contribution is -2.41. The molecular formula is C20H23N5O4. The Morgan fingerprint density at radius 1 is 1.28 bits per heavy atom. The third-order valence-corrected chi connectivity index (χ3v) is 6.47. The lowest BCUT2D eigenvalue weighted by Gasteiger charge is -2.29. The third-order valence-electron chi connectivity index (χ3n) is 6.47. The molecule has 0 aromatic carbocycles. The van der Waals surface area contributed by atoms with Crippen LogP contribution < -0.4 is 5.32 Å². The molecule has 3 aliphatic rings. The van der Waals surface area contributed by atoms with Crippen LogP contribution in [0.2, 0.25) is 0 Å². The predicted octanol–water partition coefficient (Wildman–Crippen LogP) is 0.833. The second-order valence-corrected chi connectivity index (χ2v) is 8.08. The van der Waals surface area contributed by atoms with Crippen molar-refractivity contribution in [3.8, 4) is 0 Å². The number of fused-ring (bicyclic) bond motifs is 1. The van der Waals surface area contributed by atoms with Crippen LogP contribution in [0.1, 0.15) is 35.5 Å². The number of carbonyl (C=O) groups excluding carboxylic acids is 2. The standard InChI is InChI=1S/C20H23N5O4/c26-18(2-1-13-7-21-5-6-23-13)24-8-14-15-10-25(19(27)17-9-22-12-28-17)11-20(15)4-3-16(14)29-20/h5-7,9,12,14-16H,1-4,8,10-11H2,(H,24,26)/t14-,15+,16+,20+/m0/s1. The molecule has 2 aromatic rings. The molecule has 152 valence electrons. The molecule has 9 heteroatoms. The highest BCUT2D eigenvalue weighted by atomic mass is 16.5. The molecule has 4 atom stereocenters. The van der Waals surface area contributed by atoms with Gasteiger partial charge in [-0.2, -0.15) is 0 Å². The number of aryl methyl sites for hydroxylation is 1. The number of nitrogens with one attached hydrogen (secondary N) is 1. The summed E-state index contributed by atoms with van der Waals surface area (Å²) in [6, 6.07) is 0. The van der Waals surface area contributed by atoms with Crippen molar-refractivity contribution in [1.82, 2.24) is 25.2 Å². The van der Waals surface area contributed by atoms with Crippen molar-refractivity contribution in [2.45, 2.75) is 37.4 Å². The van der Waals surface area contributed by atoms with Gasteiger partial charge in [0.2, 0.25) is 11.7 Å². The van der Waals surface area contributed by atoms with Crippen molar-refractivity contribution in [3.63, 3.8) is 0 Å². The van der Waals surface area contributed by atoms with E-state index in [1.54, 1.807) is 23.5 Å². The van der Waals surface area contributed by atoms with Crippen molar-refractivity contribution in [2.75, 3.05) is 19.6 Å². The molecule has 29 heavy (non-hydrogen) atoms. The van der Waals surface area contributed by atoms with E-state index in [4.69, 9.17) is 9.15 Å². The van der Waals surface area contributed by atoms with Gasteiger partial charge in [-0.05, 0) is 19.3 Å². The molecule has 0 saturated carbocycles. The molecule has 5 rings (SSSR count). The molecule has 0 unspecified atom stereocenters. The predicted molar refractivity (Wildman–Crippen MR) is 99.6 cm³/mol. The Hall–Kier alpha value is -2.81. The average molecular weight is 397 g/mol. The molecule has 0 radical (unpaired) electrons. The maximum Gasteiger partial charge on any atom is 0.291 e. The van der Waals surface area contributed by atoms with Gasteiger partial charge in [-0.1, -0.05) is 0 Å². The molecule has 0 aliphatic carbocycles. The SMILES string of the molecule is O=C(CCc1cnccn1)NC[C@H]1[C@H]2CN(C(=O)c3cnco3)C[C@]23CC[C@H]1O3. The summed E-state index contributed by atoms with van der Waals surface area (Å²) >= 11 is 0. The van der Waals surface area contributed by atoms with Gasteiger partial charge in [0, 0.05) is 49.9 Å². The molecule has 2 amide bonds. The summed E-state index contributed by atoms with van der Waals surface area (Å²) in [6.07, 6.45) is 10.7. The number of rotatable bonds is 6. The first kappa shape index (κ1) is 18.2. The number of hydrogen-bond acceptors (Lipinski definition) is 7. The van der Waals surface area contributed by atoms with Gasteiger partial charge < -0.3 is 19.4 Å². The molecule has 5 heterocycles. The van der Waals surface area contributed by atoms with E-state index < -0.39 is 0 Å². The van der Waals surface area contributed by atoms with Crippen molar-refractivity contribution in [2.24, 2.45) is 11.8 Å². The van der Waals surface area contributed by atoms with Crippen LogP contribution in [0.4, 0.5) is 0 Å². The molecule has 1 N–H and O–H groups in total. The maximum atomic E-state index is 12.7. The molecule has 2 aromatic heterocycles. The van der Waals surface area contributed by atoms with Gasteiger partial charge in [0.05, 0.1) is 30.1 Å². The van der Waals surface area contributed by atoms with Crippen LogP contribution >= 0.6 is 0 Å². The Labute approximate surface area is 167 Å². The first-order valence-corrected chi connectivity index (χ1v) is 10.0. The van der Waals surface area contributed by atoms with Crippen LogP contribution in [0.25, 0.3) is 0 Å². The van der Waals surface area contributed by atoms with E-state index in [1.807, 2.05) is 0 Å². The highest BCUT2D eigenvalue weighted by Gasteiger charge is 2.63. The van der Waals surface area contributed by atoms with Crippen LogP contribution in [-0.4, -0.2) is 63.0 Å². The zero-order chi connectivity index (χ0) is 19.8. The van der Waals surface area contributed by atoms with Crippen LogP contribution in [0.15, 0.2) is 35.6 Å². The Kier molecular flexibility index (Phi) is 4.54. The molecule has 3 aliphatic heterocycles. The van der Waals surface area contributed by atoms with Gasteiger partial charge in [0.1, 0.15) is 0 Å². The fourth-order valence-corrected chi connectivity index (χ4v) is 5.12. The minimum Gasteiger partial charge on any atom is -0.438 e. The average Bonchev–Trinajstić information content (AvgIpc) is 3.52. The highest BCUT2D eigenvalue weighted by molar-refractivity contribution is 5.91. The third kappa shape index (κ3) is 3.29. The van der Waals surface area contributed by atoms with Crippen LogP contribution in [0.5, 0.6) is 0 Å². The number of carbonyl (C=O) groups is 2. The summed E-state index contributed by atoms with van der Waals surface area (Å²) in [4.78, 5) is 38.8. The summed E-state index contributed by atoms with van der Waals surface area (Å²) in [7, 11) is 0. The number of hydrogen-bond donors (Lipinski definition) is 1. The van der Waals surface area contributed by atoms with E-state index in [9.17, 15) is 9.59 Å². The lowest BCUT2D eigenvalue weighted by atomic mass is 9.73. The Balaban J connectivity index is 1.18. The Morgan fingerprint density at radius 2 is 2.21 bits per heavy atom. The van der Waals surface area contributed by atoms with Crippen LogP contribution in [0, 0.1) is 11.8 Å². The Bertz CT molecular complexity index is 890. The van der Waals surface area contributed by atoms with Gasteiger partial charge in [0.15, 0.2) is 6.39 Å². The second kappa shape index (κ2) is 7.22. The second-order valence-electron chi connectivity index (χ2n) is 8.08. The first-order valence-electron chi connectivity index (χ1n) is 10.0. The number of nitrogens with zero attached hydrogens (tertiary/aromatic N) is 4. The normalized spacial score (nSPS) is 29.8. The lowest BCUT2D eigenvalue weighted by molar-refractivity contribution is -0.121. The monoisotopic (exact) mass is 397 g/mol. The molecule has 9 nitrogen and oxygen atoms in total. The van der Waals surface area contributed by atoms with Gasteiger partial charge in [0.25, 0.3) is 5.91 Å². The fraction of sp³-hybridized carbons (Fsp3) is 0.550. The topological polar surface area (TPSA) is 110 Å². The Morgan fingerprint density at radius 3 is 3.00 bits per heavy atom. The van der Waals surface area contributed by atoms with Gasteiger partial charge in [-0.3, -0.25) is 19.6 Å². The zero-order valence-corrected chi connectivity index (χ0v) is 16.0. The minimum atomic E-state index is -0.282. The van der Waals surface area contributed by atoms with E-state index in [2.05, 4.69) is 20.3 Å². The van der Waals surface area contributed by atoms with Crippen LogP contribution in [0.3, 0.4) is 0 Å². The van der Waals surface area contributed by atoms with E-state index in [0.29, 0.717) is 32.5 Å². The summed E-state index contributed by atoms with van der Waals surface area (Å²) in [5.74, 6) is 0.556. The zero-order valence-electron chi connectivity index (χ0n) is 16.0. The van der Waals surface area contributed by atoms with Gasteiger partial charge in [-0.15, -0.1) is 0 Å². The number of amides is 2. The minimum absolute atomic E-state index is 0.0000610. The van der Waals surface area contributed by atoms with E-state index >= 15 is 0 Å². The maximum absolute atomic E-state index is 12.7. The molecule has 3 fully saturated rings. The summed E-state index contributed by atoms with van der Waals surface area (Å²) in [6.45, 7) is 1.77. The molecule has 3 saturated heterocycles. The summed E-state index contributed by atoms with van der Waals surface area (Å²) < 4.78 is 11.5. The number of likely N-dealkylation sites (tertiary alicyclic amines) is 1. The fourth-order valence-electron chi connectivity index (χ4n) is 5.12. The molecule has 2 bridgehead atoms.